The third-order valence-corrected chi connectivity index (χ3v) is 4.62. The molecule has 0 spiro atoms. The van der Waals surface area contributed by atoms with Crippen LogP contribution in [0, 0.1) is 12.7 Å². The van der Waals surface area contributed by atoms with Crippen molar-refractivity contribution in [3.8, 4) is 11.1 Å². The molecule has 1 aromatic heterocycles. The van der Waals surface area contributed by atoms with E-state index in [2.05, 4.69) is 5.10 Å². The van der Waals surface area contributed by atoms with E-state index in [9.17, 15) is 12.8 Å². The molecule has 0 aliphatic rings. The van der Waals surface area contributed by atoms with Gasteiger partial charge >= 0.3 is 0 Å². The van der Waals surface area contributed by atoms with Gasteiger partial charge in [0.15, 0.2) is 0 Å². The smallest absolute Gasteiger partial charge is 0.253 e. The van der Waals surface area contributed by atoms with Gasteiger partial charge in [0.05, 0.1) is 24.8 Å². The number of nitrogens with zero attached hydrogens (tertiary/aromatic N) is 2. The number of aromatic nitrogens is 2. The SMILES string of the molecule is CCS(=O)(=O)n1cc(-c2cc(C)c(CO)c(F)c2)cn1. The van der Waals surface area contributed by atoms with E-state index >= 15 is 0 Å². The van der Waals surface area contributed by atoms with Gasteiger partial charge in [-0.25, -0.2) is 12.8 Å². The second kappa shape index (κ2) is 5.34. The molecule has 0 atom stereocenters. The van der Waals surface area contributed by atoms with Gasteiger partial charge in [0, 0.05) is 11.1 Å². The van der Waals surface area contributed by atoms with Gasteiger partial charge in [0.2, 0.25) is 0 Å². The van der Waals surface area contributed by atoms with E-state index in [1.165, 1.54) is 25.4 Å². The minimum absolute atomic E-state index is 0.0645. The van der Waals surface area contributed by atoms with E-state index in [-0.39, 0.29) is 17.9 Å². The molecule has 0 aliphatic heterocycles. The lowest BCUT2D eigenvalue weighted by molar-refractivity contribution is 0.275. The first-order chi connectivity index (χ1) is 9.39. The van der Waals surface area contributed by atoms with Crippen LogP contribution in [0.4, 0.5) is 4.39 Å². The van der Waals surface area contributed by atoms with Crippen LogP contribution >= 0.6 is 0 Å². The number of halogens is 1. The van der Waals surface area contributed by atoms with Crippen molar-refractivity contribution in [2.24, 2.45) is 0 Å². The van der Waals surface area contributed by atoms with E-state index in [0.717, 1.165) is 4.09 Å². The topological polar surface area (TPSA) is 72.2 Å². The minimum Gasteiger partial charge on any atom is -0.392 e. The summed E-state index contributed by atoms with van der Waals surface area (Å²) in [5, 5.41) is 12.9. The van der Waals surface area contributed by atoms with E-state index < -0.39 is 15.8 Å². The zero-order chi connectivity index (χ0) is 14.9. The number of hydrogen-bond acceptors (Lipinski definition) is 4. The van der Waals surface area contributed by atoms with Crippen LogP contribution in [0.25, 0.3) is 11.1 Å². The van der Waals surface area contributed by atoms with Crippen LogP contribution in [0.5, 0.6) is 0 Å². The molecule has 0 unspecified atom stereocenters. The average Bonchev–Trinajstić information content (AvgIpc) is 2.88. The third-order valence-electron chi connectivity index (χ3n) is 3.12. The first-order valence-corrected chi connectivity index (χ1v) is 7.68. The van der Waals surface area contributed by atoms with Crippen molar-refractivity contribution >= 4 is 10.0 Å². The van der Waals surface area contributed by atoms with Gasteiger partial charge in [-0.3, -0.25) is 0 Å². The monoisotopic (exact) mass is 298 g/mol. The Morgan fingerprint density at radius 2 is 2.05 bits per heavy atom. The first-order valence-electron chi connectivity index (χ1n) is 6.07. The molecule has 0 fully saturated rings. The molecule has 0 bridgehead atoms. The van der Waals surface area contributed by atoms with Crippen molar-refractivity contribution < 1.29 is 17.9 Å². The van der Waals surface area contributed by atoms with Gasteiger partial charge in [-0.05, 0) is 31.0 Å². The summed E-state index contributed by atoms with van der Waals surface area (Å²) < 4.78 is 38.0. The fourth-order valence-electron chi connectivity index (χ4n) is 1.88. The van der Waals surface area contributed by atoms with Gasteiger partial charge < -0.3 is 5.11 Å². The summed E-state index contributed by atoms with van der Waals surface area (Å²) >= 11 is 0. The van der Waals surface area contributed by atoms with Crippen LogP contribution in [0.2, 0.25) is 0 Å². The highest BCUT2D eigenvalue weighted by atomic mass is 32.2. The maximum Gasteiger partial charge on any atom is 0.253 e. The Labute approximate surface area is 116 Å². The molecule has 1 aromatic carbocycles. The third kappa shape index (κ3) is 2.59. The molecule has 1 N–H and O–H groups in total. The standard InChI is InChI=1S/C13H15FN2O3S/c1-3-20(18,19)16-7-11(6-15-16)10-4-9(2)12(8-17)13(14)5-10/h4-7,17H,3,8H2,1-2H3. The zero-order valence-electron chi connectivity index (χ0n) is 11.2. The van der Waals surface area contributed by atoms with Crippen LogP contribution in [0.3, 0.4) is 0 Å². The molecule has 20 heavy (non-hydrogen) atoms. The lowest BCUT2D eigenvalue weighted by Crippen LogP contribution is -2.14. The van der Waals surface area contributed by atoms with Crippen molar-refractivity contribution in [1.29, 1.82) is 0 Å². The summed E-state index contributed by atoms with van der Waals surface area (Å²) in [5.74, 6) is -0.584. The summed E-state index contributed by atoms with van der Waals surface area (Å²) in [4.78, 5) is 0. The van der Waals surface area contributed by atoms with Crippen LogP contribution in [0.15, 0.2) is 24.5 Å². The van der Waals surface area contributed by atoms with Crippen LogP contribution in [-0.2, 0) is 16.6 Å². The largest absolute Gasteiger partial charge is 0.392 e. The van der Waals surface area contributed by atoms with E-state index in [0.29, 0.717) is 16.7 Å². The molecular weight excluding hydrogens is 283 g/mol. The molecule has 0 amide bonds. The summed E-state index contributed by atoms with van der Waals surface area (Å²) in [6, 6.07) is 2.95. The fraction of sp³-hybridized carbons (Fsp3) is 0.308. The Morgan fingerprint density at radius 3 is 2.60 bits per heavy atom. The number of aliphatic hydroxyl groups excluding tert-OH is 1. The molecule has 1 heterocycles. The lowest BCUT2D eigenvalue weighted by atomic mass is 10.0. The highest BCUT2D eigenvalue weighted by Gasteiger charge is 2.14. The molecule has 0 saturated carbocycles. The van der Waals surface area contributed by atoms with E-state index in [1.54, 1.807) is 13.0 Å². The summed E-state index contributed by atoms with van der Waals surface area (Å²) in [6.45, 7) is 2.84. The highest BCUT2D eigenvalue weighted by Crippen LogP contribution is 2.25. The summed E-state index contributed by atoms with van der Waals surface area (Å²) in [5.41, 5.74) is 1.87. The van der Waals surface area contributed by atoms with Crippen molar-refractivity contribution in [1.82, 2.24) is 9.19 Å². The lowest BCUT2D eigenvalue weighted by Gasteiger charge is -2.07. The molecule has 108 valence electrons. The highest BCUT2D eigenvalue weighted by molar-refractivity contribution is 7.89. The van der Waals surface area contributed by atoms with E-state index in [4.69, 9.17) is 5.11 Å². The maximum atomic E-state index is 13.8. The Bertz CT molecular complexity index is 715. The predicted molar refractivity (Wildman–Crippen MR) is 73.1 cm³/mol. The molecule has 0 radical (unpaired) electrons. The Morgan fingerprint density at radius 1 is 1.35 bits per heavy atom. The van der Waals surface area contributed by atoms with E-state index in [1.807, 2.05) is 0 Å². The first kappa shape index (κ1) is 14.7. The van der Waals surface area contributed by atoms with Gasteiger partial charge in [-0.2, -0.15) is 9.19 Å². The van der Waals surface area contributed by atoms with Crippen LogP contribution in [0.1, 0.15) is 18.1 Å². The minimum atomic E-state index is -3.45. The number of hydrogen-bond donors (Lipinski definition) is 1. The van der Waals surface area contributed by atoms with Crippen LogP contribution in [-0.4, -0.2) is 28.5 Å². The number of rotatable bonds is 4. The Kier molecular flexibility index (Phi) is 3.92. The predicted octanol–water partition coefficient (Wildman–Crippen LogP) is 1.69. The second-order valence-electron chi connectivity index (χ2n) is 4.41. The molecular formula is C13H15FN2O3S. The number of benzene rings is 1. The molecule has 2 rings (SSSR count). The second-order valence-corrected chi connectivity index (χ2v) is 6.53. The normalized spacial score (nSPS) is 11.8. The van der Waals surface area contributed by atoms with Crippen molar-refractivity contribution in [2.45, 2.75) is 20.5 Å². The maximum absolute atomic E-state index is 13.8. The van der Waals surface area contributed by atoms with Gasteiger partial charge in [-0.1, -0.05) is 6.07 Å². The Balaban J connectivity index is 2.49. The van der Waals surface area contributed by atoms with Gasteiger partial charge in [0.25, 0.3) is 10.0 Å². The molecule has 0 saturated heterocycles. The molecule has 5 nitrogen and oxygen atoms in total. The zero-order valence-corrected chi connectivity index (χ0v) is 12.0. The summed E-state index contributed by atoms with van der Waals surface area (Å²) in [6.07, 6.45) is 2.73. The summed E-state index contributed by atoms with van der Waals surface area (Å²) in [7, 11) is -3.45. The van der Waals surface area contributed by atoms with Crippen LogP contribution < -0.4 is 0 Å². The van der Waals surface area contributed by atoms with Crippen molar-refractivity contribution in [3.63, 3.8) is 0 Å². The molecule has 0 aliphatic carbocycles. The van der Waals surface area contributed by atoms with Crippen molar-refractivity contribution in [2.75, 3.05) is 5.75 Å². The van der Waals surface area contributed by atoms with Gasteiger partial charge in [0.1, 0.15) is 5.82 Å². The average molecular weight is 298 g/mol. The number of aliphatic hydroxyl groups is 1. The molecule has 7 heteroatoms. The Hall–Kier alpha value is -1.73. The van der Waals surface area contributed by atoms with Gasteiger partial charge in [-0.15, -0.1) is 0 Å². The number of aryl methyl sites for hydroxylation is 1. The quantitative estimate of drug-likeness (QED) is 0.932. The molecule has 2 aromatic rings. The van der Waals surface area contributed by atoms with Crippen molar-refractivity contribution in [3.05, 3.63) is 41.5 Å². The fourth-order valence-corrected chi connectivity index (χ4v) is 2.61.